The summed E-state index contributed by atoms with van der Waals surface area (Å²) in [5, 5.41) is 0. The Balaban J connectivity index is 1.92. The molecule has 1 aliphatic rings. The highest BCUT2D eigenvalue weighted by molar-refractivity contribution is 5.67. The van der Waals surface area contributed by atoms with Crippen LogP contribution in [0.4, 0.5) is 0 Å². The van der Waals surface area contributed by atoms with Crippen LogP contribution in [0, 0.1) is 12.3 Å². The molecule has 4 rings (SSSR count). The summed E-state index contributed by atoms with van der Waals surface area (Å²) in [6, 6.07) is 16.5. The predicted molar refractivity (Wildman–Crippen MR) is 101 cm³/mol. The summed E-state index contributed by atoms with van der Waals surface area (Å²) in [5.41, 5.74) is 6.84. The van der Waals surface area contributed by atoms with E-state index < -0.39 is 0 Å². The van der Waals surface area contributed by atoms with Gasteiger partial charge in [0.05, 0.1) is 5.69 Å². The van der Waals surface area contributed by atoms with Gasteiger partial charge in [-0.05, 0) is 43.7 Å². The summed E-state index contributed by atoms with van der Waals surface area (Å²) in [7, 11) is 0. The van der Waals surface area contributed by atoms with Crippen LogP contribution in [-0.4, -0.2) is 15.0 Å². The first-order chi connectivity index (χ1) is 12.0. The maximum absolute atomic E-state index is 4.94. The molecule has 0 saturated carbocycles. The van der Waals surface area contributed by atoms with E-state index in [9.17, 15) is 0 Å². The van der Waals surface area contributed by atoms with Crippen molar-refractivity contribution in [1.82, 2.24) is 15.0 Å². The summed E-state index contributed by atoms with van der Waals surface area (Å²) in [6.07, 6.45) is 3.20. The fourth-order valence-corrected chi connectivity index (χ4v) is 3.56. The highest BCUT2D eigenvalue weighted by Gasteiger charge is 2.29. The summed E-state index contributed by atoms with van der Waals surface area (Å²) in [6.45, 7) is 6.65. The number of aromatic nitrogens is 3. The van der Waals surface area contributed by atoms with Gasteiger partial charge in [0.1, 0.15) is 5.69 Å². The van der Waals surface area contributed by atoms with Crippen LogP contribution >= 0.6 is 0 Å². The first kappa shape index (κ1) is 15.9. The molecule has 0 radical (unpaired) electrons. The van der Waals surface area contributed by atoms with E-state index in [1.54, 1.807) is 0 Å². The molecular weight excluding hydrogens is 306 g/mol. The largest absolute Gasteiger partial charge is 0.250 e. The van der Waals surface area contributed by atoms with Gasteiger partial charge in [0.15, 0.2) is 5.82 Å². The molecule has 3 nitrogen and oxygen atoms in total. The van der Waals surface area contributed by atoms with E-state index in [1.807, 2.05) is 31.2 Å². The summed E-state index contributed by atoms with van der Waals surface area (Å²) >= 11 is 0. The van der Waals surface area contributed by atoms with E-state index in [-0.39, 0.29) is 5.41 Å². The van der Waals surface area contributed by atoms with E-state index in [2.05, 4.69) is 43.1 Å². The lowest BCUT2D eigenvalue weighted by Crippen LogP contribution is -2.24. The predicted octanol–water partition coefficient (Wildman–Crippen LogP) is 5.03. The van der Waals surface area contributed by atoms with Crippen LogP contribution < -0.4 is 0 Å². The molecule has 1 aromatic carbocycles. The van der Waals surface area contributed by atoms with Gasteiger partial charge in [0, 0.05) is 22.5 Å². The maximum Gasteiger partial charge on any atom is 0.178 e. The average molecular weight is 329 g/mol. The first-order valence-corrected chi connectivity index (χ1v) is 8.91. The molecule has 0 unspecified atom stereocenters. The topological polar surface area (TPSA) is 38.7 Å². The summed E-state index contributed by atoms with van der Waals surface area (Å²) < 4.78 is 0. The van der Waals surface area contributed by atoms with E-state index in [1.165, 1.54) is 17.7 Å². The Morgan fingerprint density at radius 1 is 0.880 bits per heavy atom. The fraction of sp³-hybridized carbons (Fsp3) is 0.318. The van der Waals surface area contributed by atoms with Gasteiger partial charge in [-0.3, -0.25) is 0 Å². The molecule has 0 spiro atoms. The van der Waals surface area contributed by atoms with Crippen molar-refractivity contribution in [3.63, 3.8) is 0 Å². The highest BCUT2D eigenvalue weighted by atomic mass is 14.9. The van der Waals surface area contributed by atoms with Crippen molar-refractivity contribution in [2.24, 2.45) is 5.41 Å². The zero-order valence-corrected chi connectivity index (χ0v) is 15.1. The zero-order valence-electron chi connectivity index (χ0n) is 15.1. The van der Waals surface area contributed by atoms with Crippen LogP contribution in [0.1, 0.15) is 37.2 Å². The van der Waals surface area contributed by atoms with Crippen molar-refractivity contribution in [3.8, 4) is 22.8 Å². The number of nitrogens with zero attached hydrogens (tertiary/aromatic N) is 3. The van der Waals surface area contributed by atoms with Gasteiger partial charge < -0.3 is 0 Å². The maximum atomic E-state index is 4.94. The second-order valence-electron chi connectivity index (χ2n) is 7.69. The van der Waals surface area contributed by atoms with E-state index in [0.717, 1.165) is 41.3 Å². The van der Waals surface area contributed by atoms with Gasteiger partial charge in [-0.25, -0.2) is 15.0 Å². The minimum atomic E-state index is 0.284. The number of hydrogen-bond donors (Lipinski definition) is 0. The number of aryl methyl sites for hydroxylation is 1. The Labute approximate surface area is 149 Å². The molecule has 0 bridgehead atoms. The van der Waals surface area contributed by atoms with Crippen molar-refractivity contribution in [2.45, 2.75) is 40.0 Å². The van der Waals surface area contributed by atoms with Crippen LogP contribution in [0.25, 0.3) is 22.8 Å². The third kappa shape index (κ3) is 3.19. The van der Waals surface area contributed by atoms with Crippen LogP contribution in [0.5, 0.6) is 0 Å². The standard InChI is InChI=1S/C22H23N3/c1-15-8-7-11-18(23-15)21-24-19-14-22(2,3)13-12-17(19)20(25-21)16-9-5-4-6-10-16/h4-11H,12-14H2,1-3H3. The highest BCUT2D eigenvalue weighted by Crippen LogP contribution is 2.38. The molecule has 3 aromatic rings. The van der Waals surface area contributed by atoms with Gasteiger partial charge in [-0.2, -0.15) is 0 Å². The Morgan fingerprint density at radius 2 is 1.68 bits per heavy atom. The molecule has 0 aliphatic heterocycles. The molecule has 0 saturated heterocycles. The molecule has 0 N–H and O–H groups in total. The van der Waals surface area contributed by atoms with E-state index in [0.29, 0.717) is 0 Å². The Kier molecular flexibility index (Phi) is 3.87. The van der Waals surface area contributed by atoms with Crippen LogP contribution in [0.3, 0.4) is 0 Å². The number of rotatable bonds is 2. The molecular formula is C22H23N3. The Bertz CT molecular complexity index is 914. The Hall–Kier alpha value is -2.55. The first-order valence-electron chi connectivity index (χ1n) is 8.91. The number of fused-ring (bicyclic) bond motifs is 1. The summed E-state index contributed by atoms with van der Waals surface area (Å²) in [4.78, 5) is 14.5. The van der Waals surface area contributed by atoms with Crippen molar-refractivity contribution in [2.75, 3.05) is 0 Å². The minimum absolute atomic E-state index is 0.284. The monoisotopic (exact) mass is 329 g/mol. The van der Waals surface area contributed by atoms with Gasteiger partial charge in [0.25, 0.3) is 0 Å². The summed E-state index contributed by atoms with van der Waals surface area (Å²) in [5.74, 6) is 0.735. The van der Waals surface area contributed by atoms with Gasteiger partial charge >= 0.3 is 0 Å². The van der Waals surface area contributed by atoms with Crippen molar-refractivity contribution < 1.29 is 0 Å². The third-order valence-electron chi connectivity index (χ3n) is 4.96. The molecule has 1 aliphatic carbocycles. The lowest BCUT2D eigenvalue weighted by atomic mass is 9.75. The quantitative estimate of drug-likeness (QED) is 0.662. The second-order valence-corrected chi connectivity index (χ2v) is 7.69. The molecule has 0 amide bonds. The van der Waals surface area contributed by atoms with Gasteiger partial charge in [-0.15, -0.1) is 0 Å². The lowest BCUT2D eigenvalue weighted by Gasteiger charge is -2.31. The average Bonchev–Trinajstić information content (AvgIpc) is 2.60. The molecule has 3 heteroatoms. The number of benzene rings is 1. The molecule has 25 heavy (non-hydrogen) atoms. The van der Waals surface area contributed by atoms with Crippen molar-refractivity contribution >= 4 is 0 Å². The second kappa shape index (κ2) is 6.07. The Morgan fingerprint density at radius 3 is 2.44 bits per heavy atom. The molecule has 2 heterocycles. The number of pyridine rings is 1. The molecule has 2 aromatic heterocycles. The molecule has 0 atom stereocenters. The molecule has 0 fully saturated rings. The van der Waals surface area contributed by atoms with E-state index >= 15 is 0 Å². The lowest BCUT2D eigenvalue weighted by molar-refractivity contribution is 0.310. The smallest absolute Gasteiger partial charge is 0.178 e. The van der Waals surface area contributed by atoms with Gasteiger partial charge in [-0.1, -0.05) is 50.2 Å². The van der Waals surface area contributed by atoms with Crippen molar-refractivity contribution in [3.05, 3.63) is 65.5 Å². The number of hydrogen-bond acceptors (Lipinski definition) is 3. The van der Waals surface area contributed by atoms with Crippen LogP contribution in [0.15, 0.2) is 48.5 Å². The minimum Gasteiger partial charge on any atom is -0.250 e. The SMILES string of the molecule is Cc1cccc(-c2nc3c(c(-c4ccccc4)n2)CCC(C)(C)C3)n1. The van der Waals surface area contributed by atoms with Gasteiger partial charge in [0.2, 0.25) is 0 Å². The van der Waals surface area contributed by atoms with E-state index in [4.69, 9.17) is 9.97 Å². The van der Waals surface area contributed by atoms with Crippen LogP contribution in [-0.2, 0) is 12.8 Å². The normalized spacial score (nSPS) is 15.6. The zero-order chi connectivity index (χ0) is 17.4. The fourth-order valence-electron chi connectivity index (χ4n) is 3.56. The van der Waals surface area contributed by atoms with Crippen LogP contribution in [0.2, 0.25) is 0 Å². The molecule has 126 valence electrons. The third-order valence-corrected chi connectivity index (χ3v) is 4.96. The van der Waals surface area contributed by atoms with Crippen molar-refractivity contribution in [1.29, 1.82) is 0 Å².